The standard InChI is InChI=1S/C19H22F3N3O2S/c1-13-5-4-6-17(9-13)28(26,27)25-14(2)11-24(12-15(25)3)18-8-7-16(10-23-18)19(20,21)22/h4-10,14-15H,11-12H2,1-3H3/t14-,15-/m0/s1. The zero-order chi connectivity index (χ0) is 20.7. The molecule has 28 heavy (non-hydrogen) atoms. The molecule has 2 heterocycles. The van der Waals surface area contributed by atoms with Crippen molar-refractivity contribution in [3.8, 4) is 0 Å². The molecule has 152 valence electrons. The number of hydrogen-bond acceptors (Lipinski definition) is 4. The van der Waals surface area contributed by atoms with Gasteiger partial charge in [-0.25, -0.2) is 13.4 Å². The molecule has 1 aromatic heterocycles. The van der Waals surface area contributed by atoms with Crippen LogP contribution in [0.15, 0.2) is 47.5 Å². The van der Waals surface area contributed by atoms with Crippen LogP contribution in [-0.4, -0.2) is 42.9 Å². The van der Waals surface area contributed by atoms with Crippen molar-refractivity contribution in [1.29, 1.82) is 0 Å². The van der Waals surface area contributed by atoms with E-state index < -0.39 is 21.8 Å². The number of aryl methyl sites for hydroxylation is 1. The molecule has 0 unspecified atom stereocenters. The molecule has 0 N–H and O–H groups in total. The molecule has 1 aliphatic rings. The highest BCUT2D eigenvalue weighted by molar-refractivity contribution is 7.89. The summed E-state index contributed by atoms with van der Waals surface area (Å²) in [6.07, 6.45) is -3.63. The highest BCUT2D eigenvalue weighted by Gasteiger charge is 2.39. The molecule has 1 fully saturated rings. The third kappa shape index (κ3) is 4.00. The number of benzene rings is 1. The number of piperazine rings is 1. The zero-order valence-electron chi connectivity index (χ0n) is 15.8. The van der Waals surface area contributed by atoms with Crippen molar-refractivity contribution < 1.29 is 21.6 Å². The number of alkyl halides is 3. The van der Waals surface area contributed by atoms with E-state index >= 15 is 0 Å². The fraction of sp³-hybridized carbons (Fsp3) is 0.421. The molecule has 0 aliphatic carbocycles. The largest absolute Gasteiger partial charge is 0.417 e. The van der Waals surface area contributed by atoms with Crippen LogP contribution in [0.2, 0.25) is 0 Å². The highest BCUT2D eigenvalue weighted by Crippen LogP contribution is 2.31. The Hall–Kier alpha value is -2.13. The van der Waals surface area contributed by atoms with E-state index in [1.54, 1.807) is 32.0 Å². The Bertz CT molecular complexity index is 934. The maximum absolute atomic E-state index is 13.1. The molecule has 5 nitrogen and oxygen atoms in total. The fourth-order valence-corrected chi connectivity index (χ4v) is 5.52. The Morgan fingerprint density at radius 2 is 1.71 bits per heavy atom. The first-order valence-corrected chi connectivity index (χ1v) is 10.3. The van der Waals surface area contributed by atoms with Crippen LogP contribution in [0, 0.1) is 6.92 Å². The van der Waals surface area contributed by atoms with Gasteiger partial charge in [0.25, 0.3) is 0 Å². The lowest BCUT2D eigenvalue weighted by Crippen LogP contribution is -2.58. The molecule has 0 amide bonds. The Balaban J connectivity index is 1.83. The van der Waals surface area contributed by atoms with Crippen molar-refractivity contribution >= 4 is 15.8 Å². The number of aromatic nitrogens is 1. The van der Waals surface area contributed by atoms with Gasteiger partial charge in [0.1, 0.15) is 5.82 Å². The van der Waals surface area contributed by atoms with Crippen molar-refractivity contribution in [2.45, 2.75) is 43.9 Å². The predicted octanol–water partition coefficient (Wildman–Crippen LogP) is 3.70. The Labute approximate surface area is 162 Å². The molecule has 2 atom stereocenters. The van der Waals surface area contributed by atoms with Crippen molar-refractivity contribution in [1.82, 2.24) is 9.29 Å². The molecule has 1 saturated heterocycles. The molecule has 0 spiro atoms. The summed E-state index contributed by atoms with van der Waals surface area (Å²) < 4.78 is 65.9. The first kappa shape index (κ1) is 20.6. The van der Waals surface area contributed by atoms with Gasteiger partial charge in [-0.3, -0.25) is 0 Å². The summed E-state index contributed by atoms with van der Waals surface area (Å²) >= 11 is 0. The minimum atomic E-state index is -4.44. The molecule has 1 aliphatic heterocycles. The third-order valence-electron chi connectivity index (χ3n) is 4.80. The number of sulfonamides is 1. The number of rotatable bonds is 3. The van der Waals surface area contributed by atoms with E-state index in [1.807, 2.05) is 17.9 Å². The monoisotopic (exact) mass is 413 g/mol. The molecule has 1 aromatic carbocycles. The summed E-state index contributed by atoms with van der Waals surface area (Å²) in [5.41, 5.74) is 0.0481. The van der Waals surface area contributed by atoms with E-state index in [0.717, 1.165) is 17.8 Å². The minimum absolute atomic E-state index is 0.243. The number of anilines is 1. The van der Waals surface area contributed by atoms with Crippen molar-refractivity contribution in [3.63, 3.8) is 0 Å². The average Bonchev–Trinajstić information content (AvgIpc) is 2.60. The van der Waals surface area contributed by atoms with Crippen molar-refractivity contribution in [3.05, 3.63) is 53.7 Å². The summed E-state index contributed by atoms with van der Waals surface area (Å²) in [5.74, 6) is 0.402. The van der Waals surface area contributed by atoms with E-state index in [-0.39, 0.29) is 17.0 Å². The number of pyridine rings is 1. The van der Waals surface area contributed by atoms with Gasteiger partial charge in [0, 0.05) is 31.4 Å². The summed E-state index contributed by atoms with van der Waals surface area (Å²) in [6.45, 7) is 6.10. The first-order chi connectivity index (χ1) is 13.0. The van der Waals surface area contributed by atoms with Crippen LogP contribution in [0.25, 0.3) is 0 Å². The van der Waals surface area contributed by atoms with Gasteiger partial charge < -0.3 is 4.90 Å². The van der Waals surface area contributed by atoms with E-state index in [9.17, 15) is 21.6 Å². The zero-order valence-corrected chi connectivity index (χ0v) is 16.6. The predicted molar refractivity (Wildman–Crippen MR) is 101 cm³/mol. The molecule has 0 bridgehead atoms. The van der Waals surface area contributed by atoms with E-state index in [0.29, 0.717) is 18.9 Å². The molecule has 3 rings (SSSR count). The number of halogens is 3. The maximum atomic E-state index is 13.1. The molecular formula is C19H22F3N3O2S. The van der Waals surface area contributed by atoms with Gasteiger partial charge in [0.05, 0.1) is 10.5 Å². The minimum Gasteiger partial charge on any atom is -0.353 e. The van der Waals surface area contributed by atoms with E-state index in [1.165, 1.54) is 10.4 Å². The Morgan fingerprint density at radius 3 is 2.21 bits per heavy atom. The SMILES string of the molecule is Cc1cccc(S(=O)(=O)N2[C@@H](C)CN(c3ccc(C(F)(F)F)cn3)C[C@@H]2C)c1. The van der Waals surface area contributed by atoms with Crippen molar-refractivity contribution in [2.75, 3.05) is 18.0 Å². The molecule has 0 saturated carbocycles. The first-order valence-electron chi connectivity index (χ1n) is 8.88. The van der Waals surface area contributed by atoms with Gasteiger partial charge in [0.15, 0.2) is 0 Å². The van der Waals surface area contributed by atoms with Gasteiger partial charge in [-0.15, -0.1) is 0 Å². The Kier molecular flexibility index (Phi) is 5.42. The second-order valence-corrected chi connectivity index (χ2v) is 9.00. The van der Waals surface area contributed by atoms with Gasteiger partial charge in [0.2, 0.25) is 10.0 Å². The maximum Gasteiger partial charge on any atom is 0.417 e. The summed E-state index contributed by atoms with van der Waals surface area (Å²) in [6, 6.07) is 8.35. The van der Waals surface area contributed by atoms with Gasteiger partial charge in [-0.1, -0.05) is 12.1 Å². The average molecular weight is 413 g/mol. The van der Waals surface area contributed by atoms with Gasteiger partial charge >= 0.3 is 6.18 Å². The van der Waals surface area contributed by atoms with Gasteiger partial charge in [-0.2, -0.15) is 17.5 Å². The normalized spacial score (nSPS) is 21.7. The quantitative estimate of drug-likeness (QED) is 0.770. The Morgan fingerprint density at radius 1 is 1.07 bits per heavy atom. The molecule has 2 aromatic rings. The van der Waals surface area contributed by atoms with Gasteiger partial charge in [-0.05, 0) is 50.6 Å². The second-order valence-electron chi connectivity index (χ2n) is 7.16. The van der Waals surface area contributed by atoms with Crippen LogP contribution < -0.4 is 4.90 Å². The van der Waals surface area contributed by atoms with Crippen LogP contribution in [0.4, 0.5) is 19.0 Å². The van der Waals surface area contributed by atoms with Crippen LogP contribution in [0.1, 0.15) is 25.0 Å². The smallest absolute Gasteiger partial charge is 0.353 e. The van der Waals surface area contributed by atoms with Crippen LogP contribution in [0.5, 0.6) is 0 Å². The van der Waals surface area contributed by atoms with Crippen LogP contribution in [-0.2, 0) is 16.2 Å². The van der Waals surface area contributed by atoms with Crippen LogP contribution >= 0.6 is 0 Å². The van der Waals surface area contributed by atoms with E-state index in [2.05, 4.69) is 4.98 Å². The second kappa shape index (κ2) is 7.36. The van der Waals surface area contributed by atoms with Crippen LogP contribution in [0.3, 0.4) is 0 Å². The van der Waals surface area contributed by atoms with E-state index in [4.69, 9.17) is 0 Å². The lowest BCUT2D eigenvalue weighted by atomic mass is 10.1. The fourth-order valence-electron chi connectivity index (χ4n) is 3.61. The number of nitrogens with zero attached hydrogens (tertiary/aromatic N) is 3. The van der Waals surface area contributed by atoms with Crippen molar-refractivity contribution in [2.24, 2.45) is 0 Å². The number of hydrogen-bond donors (Lipinski definition) is 0. The lowest BCUT2D eigenvalue weighted by Gasteiger charge is -2.43. The molecule has 0 radical (unpaired) electrons. The summed E-state index contributed by atoms with van der Waals surface area (Å²) in [4.78, 5) is 5.99. The molecule has 9 heteroatoms. The topological polar surface area (TPSA) is 53.5 Å². The lowest BCUT2D eigenvalue weighted by molar-refractivity contribution is -0.137. The summed E-state index contributed by atoms with van der Waals surface area (Å²) in [5, 5.41) is 0. The summed E-state index contributed by atoms with van der Waals surface area (Å²) in [7, 11) is -3.68. The third-order valence-corrected chi connectivity index (χ3v) is 6.93. The highest BCUT2D eigenvalue weighted by atomic mass is 32.2. The molecular weight excluding hydrogens is 391 g/mol.